The van der Waals surface area contributed by atoms with Crippen molar-refractivity contribution in [1.82, 2.24) is 4.98 Å². The minimum Gasteiger partial charge on any atom is -0.497 e. The summed E-state index contributed by atoms with van der Waals surface area (Å²) >= 11 is 0. The van der Waals surface area contributed by atoms with E-state index in [9.17, 15) is 0 Å². The van der Waals surface area contributed by atoms with Gasteiger partial charge in [0.05, 0.1) is 12.8 Å². The van der Waals surface area contributed by atoms with Gasteiger partial charge in [0.2, 0.25) is 0 Å². The standard InChI is InChI=1S/C14H16N2O/c1-16(2)12-8-9-15-14(10-12)11-4-6-13(17-3)7-5-11/h4-10H,1-3H3. The first-order valence-electron chi connectivity index (χ1n) is 5.48. The van der Waals surface area contributed by atoms with Crippen LogP contribution in [0.1, 0.15) is 0 Å². The van der Waals surface area contributed by atoms with Gasteiger partial charge < -0.3 is 9.64 Å². The summed E-state index contributed by atoms with van der Waals surface area (Å²) in [6.45, 7) is 0. The Morgan fingerprint density at radius 1 is 1.06 bits per heavy atom. The zero-order chi connectivity index (χ0) is 12.3. The van der Waals surface area contributed by atoms with Crippen LogP contribution in [0.2, 0.25) is 0 Å². The second-order valence-corrected chi connectivity index (χ2v) is 4.02. The van der Waals surface area contributed by atoms with Gasteiger partial charge in [0.25, 0.3) is 0 Å². The molecular weight excluding hydrogens is 212 g/mol. The lowest BCUT2D eigenvalue weighted by atomic mass is 10.1. The van der Waals surface area contributed by atoms with Crippen molar-refractivity contribution >= 4 is 5.69 Å². The molecule has 0 radical (unpaired) electrons. The summed E-state index contributed by atoms with van der Waals surface area (Å²) in [4.78, 5) is 6.44. The highest BCUT2D eigenvalue weighted by Crippen LogP contribution is 2.23. The van der Waals surface area contributed by atoms with Gasteiger partial charge in [-0.1, -0.05) is 0 Å². The molecule has 0 saturated carbocycles. The van der Waals surface area contributed by atoms with Crippen molar-refractivity contribution in [3.05, 3.63) is 42.6 Å². The van der Waals surface area contributed by atoms with E-state index in [4.69, 9.17) is 4.74 Å². The zero-order valence-electron chi connectivity index (χ0n) is 10.3. The lowest BCUT2D eigenvalue weighted by molar-refractivity contribution is 0.415. The molecule has 0 atom stereocenters. The van der Waals surface area contributed by atoms with Gasteiger partial charge in [0.15, 0.2) is 0 Å². The third kappa shape index (κ3) is 2.56. The molecule has 0 aliphatic heterocycles. The summed E-state index contributed by atoms with van der Waals surface area (Å²) in [5.41, 5.74) is 3.21. The van der Waals surface area contributed by atoms with Gasteiger partial charge in [0.1, 0.15) is 5.75 Å². The Morgan fingerprint density at radius 2 is 1.76 bits per heavy atom. The monoisotopic (exact) mass is 228 g/mol. The van der Waals surface area contributed by atoms with E-state index < -0.39 is 0 Å². The summed E-state index contributed by atoms with van der Waals surface area (Å²) in [5, 5.41) is 0. The van der Waals surface area contributed by atoms with E-state index in [0.29, 0.717) is 0 Å². The Labute approximate surface area is 102 Å². The summed E-state index contributed by atoms with van der Waals surface area (Å²) in [5.74, 6) is 0.859. The van der Waals surface area contributed by atoms with E-state index in [1.54, 1.807) is 7.11 Å². The van der Waals surface area contributed by atoms with Crippen molar-refractivity contribution < 1.29 is 4.74 Å². The fraction of sp³-hybridized carbons (Fsp3) is 0.214. The summed E-state index contributed by atoms with van der Waals surface area (Å²) in [7, 11) is 5.71. The first-order chi connectivity index (χ1) is 8.20. The van der Waals surface area contributed by atoms with Gasteiger partial charge in [-0.2, -0.15) is 0 Å². The number of hydrogen-bond acceptors (Lipinski definition) is 3. The number of rotatable bonds is 3. The molecule has 3 heteroatoms. The number of hydrogen-bond donors (Lipinski definition) is 0. The van der Waals surface area contributed by atoms with Crippen LogP contribution in [0.25, 0.3) is 11.3 Å². The third-order valence-corrected chi connectivity index (χ3v) is 2.65. The molecule has 0 aliphatic rings. The second-order valence-electron chi connectivity index (χ2n) is 4.02. The van der Waals surface area contributed by atoms with E-state index in [2.05, 4.69) is 16.0 Å². The maximum Gasteiger partial charge on any atom is 0.118 e. The molecular formula is C14H16N2O. The highest BCUT2D eigenvalue weighted by molar-refractivity contribution is 5.64. The van der Waals surface area contributed by atoms with Crippen LogP contribution in [-0.4, -0.2) is 26.2 Å². The number of pyridine rings is 1. The fourth-order valence-electron chi connectivity index (χ4n) is 1.62. The van der Waals surface area contributed by atoms with E-state index in [1.807, 2.05) is 50.6 Å². The van der Waals surface area contributed by atoms with Crippen LogP contribution in [0.5, 0.6) is 5.75 Å². The first-order valence-corrected chi connectivity index (χ1v) is 5.48. The minimum absolute atomic E-state index is 0.859. The van der Waals surface area contributed by atoms with Gasteiger partial charge in [-0.3, -0.25) is 4.98 Å². The Hall–Kier alpha value is -2.03. The first kappa shape index (κ1) is 11.5. The molecule has 1 aromatic carbocycles. The summed E-state index contributed by atoms with van der Waals surface area (Å²) in [6, 6.07) is 12.0. The Kier molecular flexibility index (Phi) is 3.28. The Morgan fingerprint density at radius 3 is 2.35 bits per heavy atom. The predicted octanol–water partition coefficient (Wildman–Crippen LogP) is 2.82. The molecule has 0 spiro atoms. The number of methoxy groups -OCH3 is 1. The molecule has 0 fully saturated rings. The number of aromatic nitrogens is 1. The van der Waals surface area contributed by atoms with Crippen LogP contribution in [0.15, 0.2) is 42.6 Å². The molecule has 1 heterocycles. The topological polar surface area (TPSA) is 25.4 Å². The molecule has 88 valence electrons. The molecule has 0 unspecified atom stereocenters. The lowest BCUT2D eigenvalue weighted by Crippen LogP contribution is -2.08. The van der Waals surface area contributed by atoms with E-state index in [1.165, 1.54) is 0 Å². The van der Waals surface area contributed by atoms with Gasteiger partial charge in [-0.15, -0.1) is 0 Å². The highest BCUT2D eigenvalue weighted by atomic mass is 16.5. The third-order valence-electron chi connectivity index (χ3n) is 2.65. The maximum atomic E-state index is 5.14. The number of anilines is 1. The van der Waals surface area contributed by atoms with Crippen LogP contribution < -0.4 is 9.64 Å². The van der Waals surface area contributed by atoms with Crippen molar-refractivity contribution in [2.24, 2.45) is 0 Å². The predicted molar refractivity (Wildman–Crippen MR) is 70.6 cm³/mol. The SMILES string of the molecule is COc1ccc(-c2cc(N(C)C)ccn2)cc1. The minimum atomic E-state index is 0.859. The largest absolute Gasteiger partial charge is 0.497 e. The molecule has 2 aromatic rings. The number of benzene rings is 1. The average Bonchev–Trinajstić information content (AvgIpc) is 2.39. The Bertz CT molecular complexity index is 492. The van der Waals surface area contributed by atoms with Crippen LogP contribution in [0.3, 0.4) is 0 Å². The van der Waals surface area contributed by atoms with Crippen LogP contribution in [0, 0.1) is 0 Å². The van der Waals surface area contributed by atoms with Gasteiger partial charge >= 0.3 is 0 Å². The molecule has 0 amide bonds. The van der Waals surface area contributed by atoms with E-state index >= 15 is 0 Å². The quantitative estimate of drug-likeness (QED) is 0.807. The van der Waals surface area contributed by atoms with Gasteiger partial charge in [0, 0.05) is 31.5 Å². The van der Waals surface area contributed by atoms with Crippen molar-refractivity contribution in [2.75, 3.05) is 26.1 Å². The second kappa shape index (κ2) is 4.87. The summed E-state index contributed by atoms with van der Waals surface area (Å²) in [6.07, 6.45) is 1.83. The van der Waals surface area contributed by atoms with Gasteiger partial charge in [-0.05, 0) is 36.4 Å². The molecule has 17 heavy (non-hydrogen) atoms. The fourth-order valence-corrected chi connectivity index (χ4v) is 1.62. The molecule has 3 nitrogen and oxygen atoms in total. The van der Waals surface area contributed by atoms with E-state index in [0.717, 1.165) is 22.7 Å². The van der Waals surface area contributed by atoms with Crippen LogP contribution in [0.4, 0.5) is 5.69 Å². The summed E-state index contributed by atoms with van der Waals surface area (Å²) < 4.78 is 5.14. The lowest BCUT2D eigenvalue weighted by Gasteiger charge is -2.13. The van der Waals surface area contributed by atoms with E-state index in [-0.39, 0.29) is 0 Å². The molecule has 0 saturated heterocycles. The number of nitrogens with zero attached hydrogens (tertiary/aromatic N) is 2. The Balaban J connectivity index is 2.35. The van der Waals surface area contributed by atoms with Crippen molar-refractivity contribution in [1.29, 1.82) is 0 Å². The average molecular weight is 228 g/mol. The maximum absolute atomic E-state index is 5.14. The molecule has 2 rings (SSSR count). The molecule has 0 bridgehead atoms. The zero-order valence-corrected chi connectivity index (χ0v) is 10.3. The number of ether oxygens (including phenoxy) is 1. The molecule has 0 N–H and O–H groups in total. The highest BCUT2D eigenvalue weighted by Gasteiger charge is 2.02. The van der Waals surface area contributed by atoms with Crippen LogP contribution >= 0.6 is 0 Å². The van der Waals surface area contributed by atoms with Gasteiger partial charge in [-0.25, -0.2) is 0 Å². The van der Waals surface area contributed by atoms with Crippen molar-refractivity contribution in [2.45, 2.75) is 0 Å². The van der Waals surface area contributed by atoms with Crippen LogP contribution in [-0.2, 0) is 0 Å². The normalized spacial score (nSPS) is 10.1. The van der Waals surface area contributed by atoms with Crippen molar-refractivity contribution in [3.63, 3.8) is 0 Å². The molecule has 1 aromatic heterocycles. The molecule has 0 aliphatic carbocycles. The smallest absolute Gasteiger partial charge is 0.118 e. The van der Waals surface area contributed by atoms with Crippen molar-refractivity contribution in [3.8, 4) is 17.0 Å².